The molecule has 3 rings (SSSR count). The molecule has 3 aliphatic rings. The maximum absolute atomic E-state index is 2.31. The molecule has 3 aliphatic heterocycles. The average Bonchev–Trinajstić information content (AvgIpc) is 3.25. The number of hydrogen-bond donors (Lipinski definition) is 0. The van der Waals surface area contributed by atoms with E-state index in [-0.39, 0.29) is 0 Å². The Balaban J connectivity index is 1.33. The van der Waals surface area contributed by atoms with Gasteiger partial charge in [-0.1, -0.05) is 0 Å². The first-order valence-electron chi connectivity index (χ1n) is 6.54. The van der Waals surface area contributed by atoms with Gasteiger partial charge in [-0.15, -0.1) is 0 Å². The first kappa shape index (κ1) is 15.9. The molecule has 18 heavy (non-hydrogen) atoms. The van der Waals surface area contributed by atoms with Crippen LogP contribution in [0.5, 0.6) is 0 Å². The van der Waals surface area contributed by atoms with Gasteiger partial charge in [0.2, 0.25) is 0 Å². The fraction of sp³-hybridized carbons (Fsp3) is 1.00. The maximum atomic E-state index is 2.31. The van der Waals surface area contributed by atoms with Crippen molar-refractivity contribution in [1.82, 2.24) is 0 Å². The number of hydrogen-bond acceptors (Lipinski definition) is 4. The number of rotatable bonds is 8. The minimum absolute atomic E-state index is 0.385. The molecule has 6 heteroatoms. The molecule has 0 aromatic carbocycles. The SMILES string of the molecule is C1C[Te]C(CSCC2CS2)C(CSCC2CS2)[Te]1. The van der Waals surface area contributed by atoms with Crippen molar-refractivity contribution in [3.8, 4) is 0 Å². The fourth-order valence-electron chi connectivity index (χ4n) is 1.88. The van der Waals surface area contributed by atoms with Gasteiger partial charge >= 0.3 is 151 Å². The van der Waals surface area contributed by atoms with Gasteiger partial charge in [0.1, 0.15) is 0 Å². The molecule has 0 aliphatic carbocycles. The Morgan fingerprint density at radius 3 is 1.61 bits per heavy atom. The molecular weight excluding hydrogens is 528 g/mol. The quantitative estimate of drug-likeness (QED) is 0.337. The summed E-state index contributed by atoms with van der Waals surface area (Å²) in [6.45, 7) is 0. The molecule has 0 radical (unpaired) electrons. The third-order valence-corrected chi connectivity index (χ3v) is 21.2. The zero-order chi connectivity index (χ0) is 12.2. The zero-order valence-corrected chi connectivity index (χ0v) is 18.3. The molecule has 0 bridgehead atoms. The van der Waals surface area contributed by atoms with E-state index in [1.165, 1.54) is 30.9 Å². The average molecular weight is 548 g/mol. The monoisotopic (exact) mass is 552 g/mol. The summed E-state index contributed by atoms with van der Waals surface area (Å²) in [5, 5.41) is 2.10. The Morgan fingerprint density at radius 1 is 0.778 bits per heavy atom. The Kier molecular flexibility index (Phi) is 7.55. The van der Waals surface area contributed by atoms with Gasteiger partial charge in [0.05, 0.1) is 0 Å². The van der Waals surface area contributed by atoms with E-state index in [9.17, 15) is 0 Å². The summed E-state index contributed by atoms with van der Waals surface area (Å²) in [5.41, 5.74) is 0. The second-order valence-corrected chi connectivity index (χ2v) is 17.3. The van der Waals surface area contributed by atoms with E-state index in [1.54, 1.807) is 20.4 Å². The molecular formula is C12H20S4Te2. The van der Waals surface area contributed by atoms with Crippen LogP contribution in [0.1, 0.15) is 0 Å². The summed E-state index contributed by atoms with van der Waals surface area (Å²) < 4.78 is 5.85. The van der Waals surface area contributed by atoms with E-state index in [1.807, 2.05) is 0 Å². The first-order valence-corrected chi connectivity index (χ1v) is 16.9. The van der Waals surface area contributed by atoms with Gasteiger partial charge in [-0.25, -0.2) is 0 Å². The molecule has 0 N–H and O–H groups in total. The van der Waals surface area contributed by atoms with Crippen molar-refractivity contribution in [3.63, 3.8) is 0 Å². The summed E-state index contributed by atoms with van der Waals surface area (Å²) in [7, 11) is 0. The van der Waals surface area contributed by atoms with Gasteiger partial charge in [0, 0.05) is 0 Å². The number of thioether (sulfide) groups is 4. The minimum atomic E-state index is 0.385. The van der Waals surface area contributed by atoms with Crippen LogP contribution in [0.2, 0.25) is 16.9 Å². The van der Waals surface area contributed by atoms with Crippen LogP contribution in [0.3, 0.4) is 0 Å². The molecule has 3 saturated heterocycles. The van der Waals surface area contributed by atoms with Crippen LogP contribution in [-0.2, 0) is 0 Å². The predicted octanol–water partition coefficient (Wildman–Crippen LogP) is 3.52. The third-order valence-electron chi connectivity index (χ3n) is 3.14. The summed E-state index contributed by atoms with van der Waals surface area (Å²) in [4.78, 5) is 0. The molecule has 0 nitrogen and oxygen atoms in total. The second-order valence-electron chi connectivity index (χ2n) is 4.80. The van der Waals surface area contributed by atoms with Crippen LogP contribution < -0.4 is 0 Å². The van der Waals surface area contributed by atoms with Crippen LogP contribution in [-0.4, -0.2) is 86.9 Å². The van der Waals surface area contributed by atoms with Gasteiger partial charge in [-0.2, -0.15) is 0 Å². The van der Waals surface area contributed by atoms with E-state index in [0.717, 1.165) is 10.5 Å². The predicted molar refractivity (Wildman–Crippen MR) is 95.8 cm³/mol. The van der Waals surface area contributed by atoms with E-state index in [2.05, 4.69) is 47.0 Å². The Morgan fingerprint density at radius 2 is 1.22 bits per heavy atom. The molecule has 104 valence electrons. The zero-order valence-electron chi connectivity index (χ0n) is 10.4. The standard InChI is InChI=1S/C12H20S4Te2/c1-2-18-12(8-14-4-10-6-16-10)11(17-1)7-13-3-9-5-15-9/h9-12H,1-8H2. The van der Waals surface area contributed by atoms with Gasteiger partial charge in [0.15, 0.2) is 0 Å². The molecule has 0 aromatic rings. The third kappa shape index (κ3) is 6.00. The van der Waals surface area contributed by atoms with Crippen molar-refractivity contribution in [2.75, 3.05) is 34.5 Å². The molecule has 0 spiro atoms. The van der Waals surface area contributed by atoms with E-state index in [4.69, 9.17) is 0 Å². The van der Waals surface area contributed by atoms with Gasteiger partial charge in [-0.05, 0) is 0 Å². The van der Waals surface area contributed by atoms with E-state index < -0.39 is 0 Å². The van der Waals surface area contributed by atoms with E-state index in [0.29, 0.717) is 41.8 Å². The van der Waals surface area contributed by atoms with Crippen molar-refractivity contribution in [2.45, 2.75) is 27.4 Å². The van der Waals surface area contributed by atoms with Gasteiger partial charge in [0.25, 0.3) is 0 Å². The second kappa shape index (κ2) is 8.57. The normalized spacial score (nSPS) is 38.7. The molecule has 4 unspecified atom stereocenters. The summed E-state index contributed by atoms with van der Waals surface area (Å²) in [6.07, 6.45) is 0. The van der Waals surface area contributed by atoms with E-state index >= 15 is 0 Å². The summed E-state index contributed by atoms with van der Waals surface area (Å²) in [6, 6.07) is 0. The Labute approximate surface area is 149 Å². The van der Waals surface area contributed by atoms with Crippen molar-refractivity contribution >= 4 is 88.9 Å². The topological polar surface area (TPSA) is 0 Å². The van der Waals surface area contributed by atoms with Crippen LogP contribution in [0.4, 0.5) is 0 Å². The van der Waals surface area contributed by atoms with Crippen LogP contribution in [0.25, 0.3) is 0 Å². The summed E-state index contributed by atoms with van der Waals surface area (Å²) >= 11 is 9.72. The van der Waals surface area contributed by atoms with Crippen LogP contribution in [0.15, 0.2) is 0 Å². The van der Waals surface area contributed by atoms with Gasteiger partial charge < -0.3 is 0 Å². The van der Waals surface area contributed by atoms with Crippen molar-refractivity contribution in [1.29, 1.82) is 0 Å². The molecule has 0 saturated carbocycles. The summed E-state index contributed by atoms with van der Waals surface area (Å²) in [5.74, 6) is 8.95. The van der Waals surface area contributed by atoms with Crippen LogP contribution in [0, 0.1) is 0 Å². The molecule has 3 fully saturated rings. The van der Waals surface area contributed by atoms with Crippen molar-refractivity contribution < 1.29 is 0 Å². The van der Waals surface area contributed by atoms with Crippen molar-refractivity contribution in [3.05, 3.63) is 0 Å². The molecule has 4 atom stereocenters. The molecule has 0 amide bonds. The van der Waals surface area contributed by atoms with Crippen molar-refractivity contribution in [2.24, 2.45) is 0 Å². The Hall–Kier alpha value is 2.98. The van der Waals surface area contributed by atoms with Gasteiger partial charge in [-0.3, -0.25) is 0 Å². The Bertz CT molecular complexity index is 232. The fourth-order valence-corrected chi connectivity index (χ4v) is 21.0. The van der Waals surface area contributed by atoms with Crippen LogP contribution >= 0.6 is 47.0 Å². The molecule has 0 aromatic heterocycles. The molecule has 3 heterocycles. The first-order chi connectivity index (χ1) is 8.92.